The van der Waals surface area contributed by atoms with Crippen molar-refractivity contribution in [2.45, 2.75) is 25.3 Å². The molecule has 5 heteroatoms. The summed E-state index contributed by atoms with van der Waals surface area (Å²) in [6, 6.07) is 0.599. The van der Waals surface area contributed by atoms with Gasteiger partial charge in [-0.25, -0.2) is 9.78 Å². The third-order valence-corrected chi connectivity index (χ3v) is 3.87. The molecule has 1 fully saturated rings. The number of hydrogen-bond donors (Lipinski definition) is 0. The molecule has 1 aliphatic rings. The molecule has 0 aromatic carbocycles. The van der Waals surface area contributed by atoms with E-state index >= 15 is 0 Å². The van der Waals surface area contributed by atoms with Crippen LogP contribution in [0.4, 0.5) is 5.13 Å². The van der Waals surface area contributed by atoms with Crippen LogP contribution in [0.15, 0.2) is 6.20 Å². The predicted molar refractivity (Wildman–Crippen MR) is 59.5 cm³/mol. The highest BCUT2D eigenvalue weighted by Gasteiger charge is 2.24. The highest BCUT2D eigenvalue weighted by molar-refractivity contribution is 7.17. The lowest BCUT2D eigenvalue weighted by molar-refractivity contribution is 0.0606. The monoisotopic (exact) mass is 226 g/mol. The van der Waals surface area contributed by atoms with E-state index in [0.29, 0.717) is 10.9 Å². The summed E-state index contributed by atoms with van der Waals surface area (Å²) in [6.45, 7) is 0. The number of ether oxygens (including phenoxy) is 1. The fraction of sp³-hybridized carbons (Fsp3) is 0.600. The summed E-state index contributed by atoms with van der Waals surface area (Å²) in [7, 11) is 3.42. The van der Waals surface area contributed by atoms with E-state index in [2.05, 4.69) is 14.6 Å². The van der Waals surface area contributed by atoms with E-state index in [1.165, 1.54) is 37.7 Å². The molecule has 1 aromatic rings. The molecule has 0 unspecified atom stereocenters. The van der Waals surface area contributed by atoms with Crippen molar-refractivity contribution in [3.63, 3.8) is 0 Å². The quantitative estimate of drug-likeness (QED) is 0.738. The van der Waals surface area contributed by atoms with Crippen LogP contribution in [0.2, 0.25) is 0 Å². The number of hydrogen-bond acceptors (Lipinski definition) is 5. The standard InChI is InChI=1S/C10H14N2O2S/c1-12(7-4-3-5-7)10-11-6-8(15-10)9(13)14-2/h6-7H,3-5H2,1-2H3. The number of aromatic nitrogens is 1. The van der Waals surface area contributed by atoms with Crippen LogP contribution in [0.25, 0.3) is 0 Å². The van der Waals surface area contributed by atoms with Crippen LogP contribution in [0.5, 0.6) is 0 Å². The summed E-state index contributed by atoms with van der Waals surface area (Å²) in [5.74, 6) is -0.305. The maximum absolute atomic E-state index is 11.2. The van der Waals surface area contributed by atoms with Gasteiger partial charge in [0, 0.05) is 13.1 Å². The second kappa shape index (κ2) is 4.18. The summed E-state index contributed by atoms with van der Waals surface area (Å²) in [6.07, 6.45) is 5.33. The van der Waals surface area contributed by atoms with E-state index < -0.39 is 0 Å². The van der Waals surface area contributed by atoms with Gasteiger partial charge in [0.2, 0.25) is 0 Å². The zero-order valence-corrected chi connectivity index (χ0v) is 9.71. The maximum atomic E-state index is 11.2. The van der Waals surface area contributed by atoms with E-state index in [1.807, 2.05) is 7.05 Å². The lowest BCUT2D eigenvalue weighted by atomic mass is 9.92. The summed E-state index contributed by atoms with van der Waals surface area (Å²) in [5, 5.41) is 0.903. The highest BCUT2D eigenvalue weighted by Crippen LogP contribution is 2.30. The van der Waals surface area contributed by atoms with Crippen LogP contribution >= 0.6 is 11.3 Å². The second-order valence-electron chi connectivity index (χ2n) is 3.69. The predicted octanol–water partition coefficient (Wildman–Crippen LogP) is 1.92. The molecule has 0 spiro atoms. The van der Waals surface area contributed by atoms with Crippen LogP contribution in [-0.2, 0) is 4.74 Å². The Balaban J connectivity index is 2.08. The van der Waals surface area contributed by atoms with Gasteiger partial charge >= 0.3 is 5.97 Å². The van der Waals surface area contributed by atoms with Gasteiger partial charge < -0.3 is 9.64 Å². The number of esters is 1. The summed E-state index contributed by atoms with van der Waals surface area (Å²) >= 11 is 1.39. The summed E-state index contributed by atoms with van der Waals surface area (Å²) in [4.78, 5) is 18.2. The van der Waals surface area contributed by atoms with Crippen molar-refractivity contribution < 1.29 is 9.53 Å². The molecule has 0 radical (unpaired) electrons. The molecular formula is C10H14N2O2S. The van der Waals surface area contributed by atoms with Crippen molar-refractivity contribution in [2.24, 2.45) is 0 Å². The Bertz CT molecular complexity index is 360. The Kier molecular flexibility index (Phi) is 2.90. The molecule has 0 atom stereocenters. The topological polar surface area (TPSA) is 42.4 Å². The second-order valence-corrected chi connectivity index (χ2v) is 4.70. The molecule has 82 valence electrons. The lowest BCUT2D eigenvalue weighted by Crippen LogP contribution is -2.36. The van der Waals surface area contributed by atoms with E-state index in [1.54, 1.807) is 6.20 Å². The third-order valence-electron chi connectivity index (χ3n) is 2.80. The van der Waals surface area contributed by atoms with Crippen molar-refractivity contribution >= 4 is 22.4 Å². The zero-order chi connectivity index (χ0) is 10.8. The van der Waals surface area contributed by atoms with E-state index in [-0.39, 0.29) is 5.97 Å². The number of nitrogens with zero attached hydrogens (tertiary/aromatic N) is 2. The fourth-order valence-corrected chi connectivity index (χ4v) is 2.42. The highest BCUT2D eigenvalue weighted by atomic mass is 32.1. The Morgan fingerprint density at radius 1 is 1.67 bits per heavy atom. The van der Waals surface area contributed by atoms with Crippen molar-refractivity contribution in [3.8, 4) is 0 Å². The van der Waals surface area contributed by atoms with Gasteiger partial charge in [-0.3, -0.25) is 0 Å². The summed E-state index contributed by atoms with van der Waals surface area (Å²) < 4.78 is 4.64. The molecule has 1 aromatic heterocycles. The Labute approximate surface area is 92.9 Å². The number of carbonyl (C=O) groups is 1. The van der Waals surface area contributed by atoms with Crippen molar-refractivity contribution in [1.29, 1.82) is 0 Å². The van der Waals surface area contributed by atoms with Gasteiger partial charge in [-0.2, -0.15) is 0 Å². The first-order chi connectivity index (χ1) is 7.22. The first-order valence-corrected chi connectivity index (χ1v) is 5.81. The maximum Gasteiger partial charge on any atom is 0.349 e. The van der Waals surface area contributed by atoms with Crippen LogP contribution in [-0.4, -0.2) is 31.2 Å². The molecule has 2 rings (SSSR count). The largest absolute Gasteiger partial charge is 0.465 e. The molecule has 15 heavy (non-hydrogen) atoms. The average molecular weight is 226 g/mol. The zero-order valence-electron chi connectivity index (χ0n) is 8.90. The first kappa shape index (κ1) is 10.4. The Hall–Kier alpha value is -1.10. The molecule has 4 nitrogen and oxygen atoms in total. The number of carbonyl (C=O) groups excluding carboxylic acids is 1. The van der Waals surface area contributed by atoms with Crippen LogP contribution in [0.3, 0.4) is 0 Å². The lowest BCUT2D eigenvalue weighted by Gasteiger charge is -2.34. The molecule has 1 heterocycles. The fourth-order valence-electron chi connectivity index (χ4n) is 1.55. The number of methoxy groups -OCH3 is 1. The average Bonchev–Trinajstić information content (AvgIpc) is 2.62. The van der Waals surface area contributed by atoms with Gasteiger partial charge in [0.05, 0.1) is 13.3 Å². The number of anilines is 1. The van der Waals surface area contributed by atoms with Crippen molar-refractivity contribution in [2.75, 3.05) is 19.1 Å². The van der Waals surface area contributed by atoms with E-state index in [0.717, 1.165) is 5.13 Å². The first-order valence-electron chi connectivity index (χ1n) is 4.99. The Morgan fingerprint density at radius 2 is 2.40 bits per heavy atom. The van der Waals surface area contributed by atoms with Gasteiger partial charge in [-0.15, -0.1) is 0 Å². The molecule has 1 saturated carbocycles. The molecule has 0 saturated heterocycles. The minimum atomic E-state index is -0.305. The van der Waals surface area contributed by atoms with E-state index in [4.69, 9.17) is 0 Å². The minimum absolute atomic E-state index is 0.305. The minimum Gasteiger partial charge on any atom is -0.465 e. The number of rotatable bonds is 3. The normalized spacial score (nSPS) is 15.9. The van der Waals surface area contributed by atoms with Gasteiger partial charge in [0.1, 0.15) is 4.88 Å². The van der Waals surface area contributed by atoms with Crippen molar-refractivity contribution in [1.82, 2.24) is 4.98 Å². The number of thiazole rings is 1. The van der Waals surface area contributed by atoms with Crippen LogP contribution < -0.4 is 4.90 Å². The Morgan fingerprint density at radius 3 is 2.93 bits per heavy atom. The third kappa shape index (κ3) is 1.97. The van der Waals surface area contributed by atoms with Crippen LogP contribution in [0, 0.1) is 0 Å². The van der Waals surface area contributed by atoms with Gasteiger partial charge in [0.25, 0.3) is 0 Å². The summed E-state index contributed by atoms with van der Waals surface area (Å²) in [5.41, 5.74) is 0. The van der Waals surface area contributed by atoms with Gasteiger partial charge in [-0.05, 0) is 19.3 Å². The molecular weight excluding hydrogens is 212 g/mol. The molecule has 0 aliphatic heterocycles. The smallest absolute Gasteiger partial charge is 0.349 e. The van der Waals surface area contributed by atoms with Gasteiger partial charge in [-0.1, -0.05) is 11.3 Å². The molecule has 1 aliphatic carbocycles. The molecule has 0 amide bonds. The van der Waals surface area contributed by atoms with E-state index in [9.17, 15) is 4.79 Å². The van der Waals surface area contributed by atoms with Gasteiger partial charge in [0.15, 0.2) is 5.13 Å². The van der Waals surface area contributed by atoms with Crippen molar-refractivity contribution in [3.05, 3.63) is 11.1 Å². The molecule has 0 N–H and O–H groups in total. The SMILES string of the molecule is COC(=O)c1cnc(N(C)C2CCC2)s1. The molecule has 0 bridgehead atoms. The van der Waals surface area contributed by atoms with Crippen LogP contribution in [0.1, 0.15) is 28.9 Å².